The molecule has 3 rings (SSSR count). The van der Waals surface area contributed by atoms with E-state index in [9.17, 15) is 14.5 Å². The number of fused-ring (bicyclic) bond motifs is 1. The van der Waals surface area contributed by atoms with E-state index < -0.39 is 44.2 Å². The van der Waals surface area contributed by atoms with Crippen molar-refractivity contribution in [3.05, 3.63) is 11.6 Å². The largest absolute Gasteiger partial charge is 0.385 e. The number of ether oxygens (including phenoxy) is 2. The molecule has 0 aliphatic carbocycles. The van der Waals surface area contributed by atoms with E-state index >= 15 is 4.39 Å². The van der Waals surface area contributed by atoms with Crippen molar-refractivity contribution in [3.8, 4) is 0 Å². The third-order valence-corrected chi connectivity index (χ3v) is 6.72. The molecule has 1 saturated heterocycles. The van der Waals surface area contributed by atoms with Gasteiger partial charge in [0.2, 0.25) is 11.2 Å². The standard InChI is InChI=1S/C19H28ClFN5O7P/c1-6-31-34(29,32-7-2)9-30-16-12(27)10(21)15(33-16)26-8-22-11-13(23-17(28)19(3,4)5)24-18(20)25-14(11)26/h8,10,12,15-16,27H,6-7,9H2,1-5H3,(H,23,24,25,28)/t10-,12-,15+,16-/m0/s1. The number of halogens is 2. The summed E-state index contributed by atoms with van der Waals surface area (Å²) in [6, 6.07) is 0. The highest BCUT2D eigenvalue weighted by atomic mass is 35.5. The highest BCUT2D eigenvalue weighted by molar-refractivity contribution is 7.53. The third-order valence-electron chi connectivity index (χ3n) is 4.78. The second kappa shape index (κ2) is 10.5. The number of aromatic nitrogens is 4. The highest BCUT2D eigenvalue weighted by Crippen LogP contribution is 2.49. The molecular formula is C19H28ClFN5O7P. The molecule has 4 atom stereocenters. The summed E-state index contributed by atoms with van der Waals surface area (Å²) in [5, 5.41) is 12.8. The average molecular weight is 524 g/mol. The van der Waals surface area contributed by atoms with Gasteiger partial charge in [-0.3, -0.25) is 13.9 Å². The molecule has 1 amide bonds. The van der Waals surface area contributed by atoms with Crippen molar-refractivity contribution in [2.24, 2.45) is 5.41 Å². The third kappa shape index (κ3) is 5.73. The summed E-state index contributed by atoms with van der Waals surface area (Å²) >= 11 is 6.03. The van der Waals surface area contributed by atoms with Crippen molar-refractivity contribution in [1.29, 1.82) is 0 Å². The van der Waals surface area contributed by atoms with Gasteiger partial charge in [-0.1, -0.05) is 20.8 Å². The lowest BCUT2D eigenvalue weighted by molar-refractivity contribution is -0.168. The summed E-state index contributed by atoms with van der Waals surface area (Å²) in [6.07, 6.45) is -5.86. The van der Waals surface area contributed by atoms with Gasteiger partial charge in [0.25, 0.3) is 0 Å². The smallest absolute Gasteiger partial charge is 0.356 e. The van der Waals surface area contributed by atoms with Crippen molar-refractivity contribution < 1.29 is 37.4 Å². The maximum Gasteiger partial charge on any atom is 0.356 e. The molecule has 1 fully saturated rings. The Morgan fingerprint density at radius 2 is 1.97 bits per heavy atom. The van der Waals surface area contributed by atoms with Crippen LogP contribution in [0.3, 0.4) is 0 Å². The molecule has 0 unspecified atom stereocenters. The van der Waals surface area contributed by atoms with Crippen LogP contribution in [-0.4, -0.2) is 68.7 Å². The Morgan fingerprint density at radius 1 is 1.32 bits per heavy atom. The van der Waals surface area contributed by atoms with Gasteiger partial charge in [-0.15, -0.1) is 0 Å². The van der Waals surface area contributed by atoms with Crippen molar-refractivity contribution in [2.75, 3.05) is 24.9 Å². The summed E-state index contributed by atoms with van der Waals surface area (Å²) in [7, 11) is -3.61. The minimum absolute atomic E-state index is 0.0461. The molecule has 190 valence electrons. The Labute approximate surface area is 200 Å². The number of aliphatic hydroxyl groups excluding tert-OH is 1. The monoisotopic (exact) mass is 523 g/mol. The van der Waals surface area contributed by atoms with Crippen LogP contribution in [0.2, 0.25) is 5.28 Å². The number of amides is 1. The van der Waals surface area contributed by atoms with Gasteiger partial charge in [-0.2, -0.15) is 9.97 Å². The first-order valence-corrected chi connectivity index (χ1v) is 12.7. The average Bonchev–Trinajstić information content (AvgIpc) is 3.27. The Kier molecular flexibility index (Phi) is 8.29. The number of imidazole rings is 1. The number of carbonyl (C=O) groups excluding carboxylic acids is 1. The van der Waals surface area contributed by atoms with Crippen molar-refractivity contribution in [1.82, 2.24) is 19.5 Å². The zero-order valence-electron chi connectivity index (χ0n) is 19.4. The molecule has 0 radical (unpaired) electrons. The second-order valence-electron chi connectivity index (χ2n) is 8.44. The summed E-state index contributed by atoms with van der Waals surface area (Å²) in [5.41, 5.74) is -0.505. The number of carbonyl (C=O) groups is 1. The van der Waals surface area contributed by atoms with Crippen molar-refractivity contribution in [2.45, 2.75) is 59.4 Å². The molecule has 1 aliphatic rings. The van der Waals surface area contributed by atoms with Gasteiger partial charge >= 0.3 is 7.60 Å². The van der Waals surface area contributed by atoms with Gasteiger partial charge < -0.3 is 28.9 Å². The first kappa shape index (κ1) is 26.9. The molecule has 1 aliphatic heterocycles. The fourth-order valence-corrected chi connectivity index (χ4v) is 4.60. The number of nitrogens with zero attached hydrogens (tertiary/aromatic N) is 4. The Hall–Kier alpha value is -1.73. The summed E-state index contributed by atoms with van der Waals surface area (Å²) in [6.45, 7) is 8.65. The Bertz CT molecular complexity index is 1070. The van der Waals surface area contributed by atoms with Crippen LogP contribution in [0.15, 0.2) is 6.33 Å². The molecule has 2 aromatic rings. The number of rotatable bonds is 9. The predicted octanol–water partition coefficient (Wildman–Crippen LogP) is 3.26. The zero-order valence-corrected chi connectivity index (χ0v) is 21.0. The zero-order chi connectivity index (χ0) is 25.3. The van der Waals surface area contributed by atoms with E-state index in [0.29, 0.717) is 0 Å². The minimum Gasteiger partial charge on any atom is -0.385 e. The van der Waals surface area contributed by atoms with Crippen LogP contribution in [0.4, 0.5) is 10.2 Å². The minimum atomic E-state index is -3.61. The first-order valence-electron chi connectivity index (χ1n) is 10.6. The van der Waals surface area contributed by atoms with E-state index in [1.165, 1.54) is 10.9 Å². The molecule has 0 spiro atoms. The topological polar surface area (TPSA) is 147 Å². The number of hydrogen-bond acceptors (Lipinski definition) is 10. The lowest BCUT2D eigenvalue weighted by atomic mass is 9.96. The van der Waals surface area contributed by atoms with Gasteiger partial charge in [-0.25, -0.2) is 9.37 Å². The van der Waals surface area contributed by atoms with Gasteiger partial charge in [0, 0.05) is 5.41 Å². The molecular weight excluding hydrogens is 496 g/mol. The van der Waals surface area contributed by atoms with E-state index in [0.717, 1.165) is 0 Å². The number of nitrogens with one attached hydrogen (secondary N) is 1. The molecule has 0 aromatic carbocycles. The molecule has 3 heterocycles. The van der Waals surface area contributed by atoms with Crippen molar-refractivity contribution in [3.63, 3.8) is 0 Å². The molecule has 0 saturated carbocycles. The number of anilines is 1. The molecule has 15 heteroatoms. The second-order valence-corrected chi connectivity index (χ2v) is 10.8. The van der Waals surface area contributed by atoms with Crippen LogP contribution in [-0.2, 0) is 27.9 Å². The fraction of sp³-hybridized carbons (Fsp3) is 0.684. The van der Waals surface area contributed by atoms with Gasteiger partial charge in [-0.05, 0) is 25.4 Å². The number of aliphatic hydroxyl groups is 1. The van der Waals surface area contributed by atoms with E-state index in [2.05, 4.69) is 20.3 Å². The summed E-state index contributed by atoms with van der Waals surface area (Å²) in [5.74, 6) is -0.291. The highest BCUT2D eigenvalue weighted by Gasteiger charge is 2.47. The summed E-state index contributed by atoms with van der Waals surface area (Å²) in [4.78, 5) is 24.7. The summed E-state index contributed by atoms with van der Waals surface area (Å²) < 4.78 is 50.0. The van der Waals surface area contributed by atoms with Crippen molar-refractivity contribution >= 4 is 42.1 Å². The first-order chi connectivity index (χ1) is 15.9. The van der Waals surface area contributed by atoms with Crippen LogP contribution < -0.4 is 5.32 Å². The van der Waals surface area contributed by atoms with Gasteiger partial charge in [0.15, 0.2) is 42.0 Å². The maximum absolute atomic E-state index is 15.0. The number of hydrogen-bond donors (Lipinski definition) is 2. The van der Waals surface area contributed by atoms with Crippen LogP contribution in [0.5, 0.6) is 0 Å². The van der Waals surface area contributed by atoms with Gasteiger partial charge in [0.05, 0.1) is 19.5 Å². The van der Waals surface area contributed by atoms with E-state index in [-0.39, 0.29) is 41.4 Å². The number of alkyl halides is 1. The molecule has 2 aromatic heterocycles. The Balaban J connectivity index is 1.84. The van der Waals surface area contributed by atoms with Crippen LogP contribution in [0.1, 0.15) is 40.8 Å². The molecule has 34 heavy (non-hydrogen) atoms. The van der Waals surface area contributed by atoms with E-state index in [1.807, 2.05) is 0 Å². The maximum atomic E-state index is 15.0. The van der Waals surface area contributed by atoms with Crippen LogP contribution in [0, 0.1) is 5.41 Å². The normalized spacial score (nSPS) is 23.5. The lowest BCUT2D eigenvalue weighted by Crippen LogP contribution is -2.30. The van der Waals surface area contributed by atoms with E-state index in [1.54, 1.807) is 34.6 Å². The van der Waals surface area contributed by atoms with E-state index in [4.69, 9.17) is 30.1 Å². The SMILES string of the molecule is CCOP(=O)(CO[C@H]1O[C@@H](n2cnc3c(NC(=O)C(C)(C)C)nc(Cl)nc32)[C@@H](F)[C@@H]1O)OCC. The van der Waals surface area contributed by atoms with Gasteiger partial charge in [0.1, 0.15) is 6.10 Å². The van der Waals surface area contributed by atoms with Crippen LogP contribution in [0.25, 0.3) is 11.2 Å². The Morgan fingerprint density at radius 3 is 2.56 bits per heavy atom. The molecule has 12 nitrogen and oxygen atoms in total. The van der Waals surface area contributed by atoms with Crippen LogP contribution >= 0.6 is 19.2 Å². The quantitative estimate of drug-likeness (QED) is 0.370. The predicted molar refractivity (Wildman–Crippen MR) is 120 cm³/mol. The molecule has 2 N–H and O–H groups in total. The lowest BCUT2D eigenvalue weighted by Gasteiger charge is -2.20. The molecule has 0 bridgehead atoms. The fourth-order valence-electron chi connectivity index (χ4n) is 3.10.